The molecular formula is C15H24N2O2. The van der Waals surface area contributed by atoms with Crippen molar-refractivity contribution in [2.75, 3.05) is 19.8 Å². The predicted molar refractivity (Wildman–Crippen MR) is 75.4 cm³/mol. The molecule has 2 rings (SSSR count). The van der Waals surface area contributed by atoms with Gasteiger partial charge < -0.3 is 15.2 Å². The van der Waals surface area contributed by atoms with Crippen molar-refractivity contribution in [3.05, 3.63) is 18.2 Å². The minimum Gasteiger partial charge on any atom is -0.478 e. The van der Waals surface area contributed by atoms with Crippen LogP contribution in [0.2, 0.25) is 0 Å². The molecule has 1 aromatic heterocycles. The van der Waals surface area contributed by atoms with E-state index in [1.807, 2.05) is 25.1 Å². The number of hydrogen-bond donors (Lipinski definition) is 1. The molecule has 2 atom stereocenters. The summed E-state index contributed by atoms with van der Waals surface area (Å²) >= 11 is 0. The Morgan fingerprint density at radius 3 is 2.53 bits per heavy atom. The first kappa shape index (κ1) is 14.1. The van der Waals surface area contributed by atoms with Crippen molar-refractivity contribution >= 4 is 0 Å². The predicted octanol–water partition coefficient (Wildman–Crippen LogP) is 2.62. The SMILES string of the molecule is CCOc1cccc(OCC2CCCCC2CN)n1. The van der Waals surface area contributed by atoms with E-state index in [0.29, 0.717) is 36.8 Å². The van der Waals surface area contributed by atoms with Crippen LogP contribution in [0.25, 0.3) is 0 Å². The van der Waals surface area contributed by atoms with Crippen molar-refractivity contribution in [2.24, 2.45) is 17.6 Å². The van der Waals surface area contributed by atoms with Gasteiger partial charge in [-0.1, -0.05) is 18.9 Å². The molecule has 4 nitrogen and oxygen atoms in total. The third-order valence-electron chi connectivity index (χ3n) is 3.80. The van der Waals surface area contributed by atoms with Gasteiger partial charge in [-0.15, -0.1) is 0 Å². The maximum atomic E-state index is 5.84. The summed E-state index contributed by atoms with van der Waals surface area (Å²) in [4.78, 5) is 4.32. The van der Waals surface area contributed by atoms with Gasteiger partial charge in [-0.25, -0.2) is 0 Å². The minimum atomic E-state index is 0.566. The van der Waals surface area contributed by atoms with Crippen molar-refractivity contribution in [3.63, 3.8) is 0 Å². The fraction of sp³-hybridized carbons (Fsp3) is 0.667. The second-order valence-electron chi connectivity index (χ2n) is 5.10. The first-order chi connectivity index (χ1) is 9.33. The lowest BCUT2D eigenvalue weighted by atomic mass is 9.80. The summed E-state index contributed by atoms with van der Waals surface area (Å²) < 4.78 is 11.2. The topological polar surface area (TPSA) is 57.4 Å². The van der Waals surface area contributed by atoms with Crippen molar-refractivity contribution in [3.8, 4) is 11.8 Å². The van der Waals surface area contributed by atoms with Gasteiger partial charge in [0.2, 0.25) is 11.8 Å². The third-order valence-corrected chi connectivity index (χ3v) is 3.80. The Bertz CT molecular complexity index is 384. The lowest BCUT2D eigenvalue weighted by Crippen LogP contribution is -2.30. The number of pyridine rings is 1. The standard InChI is InChI=1S/C15H24N2O2/c1-2-18-14-8-5-9-15(17-14)19-11-13-7-4-3-6-12(13)10-16/h5,8-9,12-13H,2-4,6-7,10-11,16H2,1H3. The third kappa shape index (κ3) is 4.10. The van der Waals surface area contributed by atoms with Crippen molar-refractivity contribution in [1.29, 1.82) is 0 Å². The maximum absolute atomic E-state index is 5.84. The van der Waals surface area contributed by atoms with E-state index in [1.165, 1.54) is 25.7 Å². The zero-order valence-corrected chi connectivity index (χ0v) is 11.7. The fourth-order valence-corrected chi connectivity index (χ4v) is 2.71. The molecule has 1 fully saturated rings. The maximum Gasteiger partial charge on any atom is 0.216 e. The Morgan fingerprint density at radius 1 is 1.16 bits per heavy atom. The minimum absolute atomic E-state index is 0.566. The second-order valence-corrected chi connectivity index (χ2v) is 5.10. The van der Waals surface area contributed by atoms with Gasteiger partial charge >= 0.3 is 0 Å². The van der Waals surface area contributed by atoms with Gasteiger partial charge in [0.25, 0.3) is 0 Å². The summed E-state index contributed by atoms with van der Waals surface area (Å²) in [6, 6.07) is 5.64. The summed E-state index contributed by atoms with van der Waals surface area (Å²) in [6.45, 7) is 4.04. The van der Waals surface area contributed by atoms with Crippen LogP contribution in [0, 0.1) is 11.8 Å². The Hall–Kier alpha value is -1.29. The van der Waals surface area contributed by atoms with Gasteiger partial charge in [0.05, 0.1) is 13.2 Å². The Morgan fingerprint density at radius 2 is 1.84 bits per heavy atom. The average molecular weight is 264 g/mol. The number of rotatable bonds is 6. The Kier molecular flexibility index (Phi) is 5.45. The Balaban J connectivity index is 1.88. The summed E-state index contributed by atoms with van der Waals surface area (Å²) in [5.41, 5.74) is 5.84. The van der Waals surface area contributed by atoms with E-state index in [2.05, 4.69) is 4.98 Å². The van der Waals surface area contributed by atoms with Gasteiger partial charge in [-0.05, 0) is 38.1 Å². The van der Waals surface area contributed by atoms with Crippen molar-refractivity contribution < 1.29 is 9.47 Å². The first-order valence-electron chi connectivity index (χ1n) is 7.26. The van der Waals surface area contributed by atoms with E-state index in [1.54, 1.807) is 0 Å². The highest BCUT2D eigenvalue weighted by molar-refractivity contribution is 5.19. The van der Waals surface area contributed by atoms with E-state index in [0.717, 1.165) is 6.54 Å². The first-order valence-corrected chi connectivity index (χ1v) is 7.26. The van der Waals surface area contributed by atoms with Gasteiger partial charge in [-0.3, -0.25) is 0 Å². The lowest BCUT2D eigenvalue weighted by molar-refractivity contribution is 0.148. The van der Waals surface area contributed by atoms with E-state index < -0.39 is 0 Å². The molecule has 2 unspecified atom stereocenters. The van der Waals surface area contributed by atoms with Gasteiger partial charge in [0, 0.05) is 12.1 Å². The van der Waals surface area contributed by atoms with E-state index in [9.17, 15) is 0 Å². The summed E-state index contributed by atoms with van der Waals surface area (Å²) in [5, 5.41) is 0. The molecule has 0 aromatic carbocycles. The molecule has 19 heavy (non-hydrogen) atoms. The molecule has 0 radical (unpaired) electrons. The zero-order chi connectivity index (χ0) is 13.5. The monoisotopic (exact) mass is 264 g/mol. The molecule has 0 amide bonds. The van der Waals surface area contributed by atoms with E-state index in [4.69, 9.17) is 15.2 Å². The quantitative estimate of drug-likeness (QED) is 0.858. The summed E-state index contributed by atoms with van der Waals surface area (Å²) in [6.07, 6.45) is 5.04. The fourth-order valence-electron chi connectivity index (χ4n) is 2.71. The van der Waals surface area contributed by atoms with E-state index in [-0.39, 0.29) is 0 Å². The molecule has 0 bridgehead atoms. The number of aromatic nitrogens is 1. The highest BCUT2D eigenvalue weighted by Gasteiger charge is 2.24. The molecule has 0 aliphatic heterocycles. The van der Waals surface area contributed by atoms with Gasteiger partial charge in [0.1, 0.15) is 0 Å². The van der Waals surface area contributed by atoms with Gasteiger partial charge in [0.15, 0.2) is 0 Å². The van der Waals surface area contributed by atoms with E-state index >= 15 is 0 Å². The van der Waals surface area contributed by atoms with Crippen LogP contribution in [0.5, 0.6) is 11.8 Å². The summed E-state index contributed by atoms with van der Waals surface area (Å²) in [5.74, 6) is 2.44. The molecule has 0 saturated heterocycles. The number of nitrogens with two attached hydrogens (primary N) is 1. The average Bonchev–Trinajstić information content (AvgIpc) is 2.46. The van der Waals surface area contributed by atoms with Crippen LogP contribution in [0.15, 0.2) is 18.2 Å². The van der Waals surface area contributed by atoms with Crippen molar-refractivity contribution in [2.45, 2.75) is 32.6 Å². The highest BCUT2D eigenvalue weighted by atomic mass is 16.5. The number of nitrogens with zero attached hydrogens (tertiary/aromatic N) is 1. The molecule has 2 N–H and O–H groups in total. The Labute approximate surface area is 115 Å². The van der Waals surface area contributed by atoms with Crippen LogP contribution >= 0.6 is 0 Å². The van der Waals surface area contributed by atoms with Crippen LogP contribution in [-0.2, 0) is 0 Å². The number of hydrogen-bond acceptors (Lipinski definition) is 4. The smallest absolute Gasteiger partial charge is 0.216 e. The largest absolute Gasteiger partial charge is 0.478 e. The molecule has 1 aliphatic carbocycles. The molecule has 1 aliphatic rings. The summed E-state index contributed by atoms with van der Waals surface area (Å²) in [7, 11) is 0. The second kappa shape index (κ2) is 7.34. The molecule has 4 heteroatoms. The highest BCUT2D eigenvalue weighted by Crippen LogP contribution is 2.29. The lowest BCUT2D eigenvalue weighted by Gasteiger charge is -2.30. The normalized spacial score (nSPS) is 23.1. The number of ether oxygens (including phenoxy) is 2. The molecule has 1 aromatic rings. The molecule has 0 spiro atoms. The molecule has 106 valence electrons. The van der Waals surface area contributed by atoms with Crippen LogP contribution in [0.4, 0.5) is 0 Å². The molecular weight excluding hydrogens is 240 g/mol. The van der Waals surface area contributed by atoms with Gasteiger partial charge in [-0.2, -0.15) is 4.98 Å². The van der Waals surface area contributed by atoms with Crippen LogP contribution < -0.4 is 15.2 Å². The van der Waals surface area contributed by atoms with Crippen LogP contribution in [0.3, 0.4) is 0 Å². The van der Waals surface area contributed by atoms with Crippen molar-refractivity contribution in [1.82, 2.24) is 4.98 Å². The van der Waals surface area contributed by atoms with Crippen LogP contribution in [0.1, 0.15) is 32.6 Å². The molecule has 1 heterocycles. The van der Waals surface area contributed by atoms with Crippen LogP contribution in [-0.4, -0.2) is 24.7 Å². The zero-order valence-electron chi connectivity index (χ0n) is 11.7. The molecule has 1 saturated carbocycles.